The quantitative estimate of drug-likeness (QED) is 0.616. The summed E-state index contributed by atoms with van der Waals surface area (Å²) in [4.78, 5) is 11.0. The summed E-state index contributed by atoms with van der Waals surface area (Å²) in [6.45, 7) is 0.469. The highest BCUT2D eigenvalue weighted by molar-refractivity contribution is 5.79. The number of benzene rings is 1. The topological polar surface area (TPSA) is 76.3 Å². The first-order valence-electron chi connectivity index (χ1n) is 7.46. The molecule has 1 heterocycles. The van der Waals surface area contributed by atoms with E-state index in [1.54, 1.807) is 36.5 Å². The first kappa shape index (κ1) is 18.7. The van der Waals surface area contributed by atoms with Gasteiger partial charge in [0.25, 0.3) is 5.91 Å². The van der Waals surface area contributed by atoms with Crippen LogP contribution in [0.1, 0.15) is 17.4 Å². The highest BCUT2D eigenvalue weighted by atomic mass is 19.3. The van der Waals surface area contributed by atoms with Crippen molar-refractivity contribution in [1.82, 2.24) is 5.32 Å². The summed E-state index contributed by atoms with van der Waals surface area (Å²) in [5.41, 5.74) is 2.13. The molecule has 0 aliphatic rings. The van der Waals surface area contributed by atoms with Crippen molar-refractivity contribution in [2.45, 2.75) is 25.5 Å². The second kappa shape index (κ2) is 7.98. The lowest BCUT2D eigenvalue weighted by Crippen LogP contribution is -2.43. The Morgan fingerprint density at radius 2 is 1.80 bits per heavy atom. The van der Waals surface area contributed by atoms with Gasteiger partial charge >= 0.3 is 6.43 Å². The summed E-state index contributed by atoms with van der Waals surface area (Å²) >= 11 is 0. The number of aliphatic hydroxyl groups excluding tert-OH is 1. The zero-order valence-corrected chi connectivity index (χ0v) is 13.3. The maximum Gasteiger partial charge on any atom is 0.315 e. The number of alkyl halides is 3. The van der Waals surface area contributed by atoms with Crippen LogP contribution < -0.4 is 10.0 Å². The van der Waals surface area contributed by atoms with E-state index < -0.39 is 31.2 Å². The summed E-state index contributed by atoms with van der Waals surface area (Å²) in [7, 11) is 0. The Kier molecular flexibility index (Phi) is 5.97. The molecule has 0 radical (unpaired) electrons. The van der Waals surface area contributed by atoms with Gasteiger partial charge in [-0.2, -0.15) is 13.5 Å². The number of carbonyl (C=O) groups is 1. The van der Waals surface area contributed by atoms with Crippen LogP contribution in [0.2, 0.25) is 0 Å². The van der Waals surface area contributed by atoms with Gasteiger partial charge < -0.3 is 15.6 Å². The molecule has 2 atom stereocenters. The Morgan fingerprint density at radius 1 is 1.20 bits per heavy atom. The molecule has 0 aliphatic carbocycles. The number of aliphatic hydroxyl groups is 1. The summed E-state index contributed by atoms with van der Waals surface area (Å²) in [5.74, 6) is -1.64. The molecule has 0 saturated carbocycles. The smallest absolute Gasteiger partial charge is 0.315 e. The van der Waals surface area contributed by atoms with E-state index >= 15 is 0 Å². The average molecular weight is 354 g/mol. The van der Waals surface area contributed by atoms with Gasteiger partial charge in [-0.15, -0.1) is 0 Å². The number of aryl methyl sites for hydroxylation is 1. The lowest BCUT2D eigenvalue weighted by atomic mass is 9.99. The number of hydrogen-bond acceptors (Lipinski definition) is 3. The number of halogens is 3. The van der Waals surface area contributed by atoms with E-state index in [0.717, 1.165) is 4.73 Å². The zero-order valence-electron chi connectivity index (χ0n) is 13.3. The molecular weight excluding hydrogens is 337 g/mol. The molecule has 2 unspecified atom stereocenters. The number of hydrogen-bond donors (Lipinski definition) is 2. The number of nitrogens with zero attached hydrogens (tertiary/aromatic N) is 1. The molecule has 8 heteroatoms. The minimum Gasteiger partial charge on any atom is -0.618 e. The van der Waals surface area contributed by atoms with Crippen LogP contribution in [0.5, 0.6) is 0 Å². The largest absolute Gasteiger partial charge is 0.618 e. The number of pyridine rings is 1. The van der Waals surface area contributed by atoms with Gasteiger partial charge in [0.1, 0.15) is 12.8 Å². The Balaban J connectivity index is 2.17. The fourth-order valence-electron chi connectivity index (χ4n) is 2.28. The van der Waals surface area contributed by atoms with Crippen molar-refractivity contribution in [2.24, 2.45) is 0 Å². The summed E-state index contributed by atoms with van der Waals surface area (Å²) in [5, 5.41) is 23.5. The predicted octanol–water partition coefficient (Wildman–Crippen LogP) is 2.05. The number of amides is 1. The van der Waals surface area contributed by atoms with Crippen molar-refractivity contribution < 1.29 is 27.8 Å². The van der Waals surface area contributed by atoms with Crippen molar-refractivity contribution in [2.75, 3.05) is 6.67 Å². The third-order valence-electron chi connectivity index (χ3n) is 3.77. The second-order valence-corrected chi connectivity index (χ2v) is 5.52. The predicted molar refractivity (Wildman–Crippen MR) is 84.4 cm³/mol. The fourth-order valence-corrected chi connectivity index (χ4v) is 2.28. The van der Waals surface area contributed by atoms with Crippen LogP contribution in [0, 0.1) is 12.1 Å². The van der Waals surface area contributed by atoms with Gasteiger partial charge in [-0.1, -0.05) is 24.3 Å². The number of carbonyl (C=O) groups excluding carboxylic acids is 1. The molecule has 2 rings (SSSR count). The molecule has 1 amide bonds. The van der Waals surface area contributed by atoms with Gasteiger partial charge in [0, 0.05) is 18.6 Å². The average Bonchev–Trinajstić information content (AvgIpc) is 2.61. The molecule has 0 spiro atoms. The van der Waals surface area contributed by atoms with Crippen molar-refractivity contribution in [3.05, 3.63) is 59.1 Å². The monoisotopic (exact) mass is 354 g/mol. The molecular formula is C17H17F3N2O3. The molecule has 2 N–H and O–H groups in total. The maximum absolute atomic E-state index is 13.0. The number of rotatable bonds is 6. The van der Waals surface area contributed by atoms with Gasteiger partial charge in [-0.3, -0.25) is 4.79 Å². The van der Waals surface area contributed by atoms with E-state index in [-0.39, 0.29) is 5.56 Å². The Bertz CT molecular complexity index is 738. The second-order valence-electron chi connectivity index (χ2n) is 5.52. The normalized spacial score (nSPS) is 13.5. The lowest BCUT2D eigenvalue weighted by molar-refractivity contribution is -0.611. The highest BCUT2D eigenvalue weighted by Crippen LogP contribution is 2.23. The van der Waals surface area contributed by atoms with Gasteiger partial charge in [-0.25, -0.2) is 4.39 Å². The summed E-state index contributed by atoms with van der Waals surface area (Å²) in [6.07, 6.45) is -3.37. The van der Waals surface area contributed by atoms with Crippen LogP contribution in [0.25, 0.3) is 11.1 Å². The molecule has 0 bridgehead atoms. The van der Waals surface area contributed by atoms with Crippen LogP contribution in [0.4, 0.5) is 13.2 Å². The van der Waals surface area contributed by atoms with E-state index in [1.165, 1.54) is 18.3 Å². The van der Waals surface area contributed by atoms with Crippen molar-refractivity contribution in [3.8, 4) is 11.1 Å². The molecule has 25 heavy (non-hydrogen) atoms. The van der Waals surface area contributed by atoms with Crippen molar-refractivity contribution in [1.29, 1.82) is 0 Å². The Morgan fingerprint density at radius 3 is 2.32 bits per heavy atom. The van der Waals surface area contributed by atoms with Gasteiger partial charge in [0.2, 0.25) is 0 Å². The summed E-state index contributed by atoms with van der Waals surface area (Å²) < 4.78 is 38.2. The molecule has 1 aromatic heterocycles. The van der Waals surface area contributed by atoms with Gasteiger partial charge in [0.15, 0.2) is 11.9 Å². The zero-order chi connectivity index (χ0) is 18.6. The van der Waals surface area contributed by atoms with Crippen molar-refractivity contribution in [3.63, 3.8) is 0 Å². The minimum absolute atomic E-state index is 0.253. The molecule has 0 fully saturated rings. The van der Waals surface area contributed by atoms with Crippen LogP contribution in [-0.4, -0.2) is 30.2 Å². The third kappa shape index (κ3) is 4.48. The molecule has 5 nitrogen and oxygen atoms in total. The highest BCUT2D eigenvalue weighted by Gasteiger charge is 2.26. The number of nitrogens with one attached hydrogen (secondary N) is 1. The van der Waals surface area contributed by atoms with Crippen LogP contribution in [0.3, 0.4) is 0 Å². The standard InChI is InChI=1S/C17H17F3N2O3/c1-10-2-3-13(9-22(10)25)11-4-6-12(7-5-11)15(23)14(8-18)21-17(24)16(19)20/h2-7,9,14-16,23H,8H2,1H3,(H,21,24). The van der Waals surface area contributed by atoms with E-state index in [1.807, 2.05) is 0 Å². The molecule has 134 valence electrons. The SMILES string of the molecule is Cc1ccc(-c2ccc(C(O)C(CF)NC(=O)C(F)F)cc2)c[n+]1[O-]. The molecule has 2 aromatic rings. The van der Waals surface area contributed by atoms with E-state index in [4.69, 9.17) is 0 Å². The van der Waals surface area contributed by atoms with Gasteiger partial charge in [-0.05, 0) is 17.2 Å². The van der Waals surface area contributed by atoms with Gasteiger partial charge in [0.05, 0.1) is 6.04 Å². The fraction of sp³-hybridized carbons (Fsp3) is 0.294. The van der Waals surface area contributed by atoms with Crippen LogP contribution >= 0.6 is 0 Å². The first-order chi connectivity index (χ1) is 11.8. The first-order valence-corrected chi connectivity index (χ1v) is 7.46. The minimum atomic E-state index is -3.29. The van der Waals surface area contributed by atoms with E-state index in [2.05, 4.69) is 0 Å². The van der Waals surface area contributed by atoms with E-state index in [0.29, 0.717) is 16.8 Å². The van der Waals surface area contributed by atoms with Crippen molar-refractivity contribution >= 4 is 5.91 Å². The summed E-state index contributed by atoms with van der Waals surface area (Å²) in [6, 6.07) is 8.10. The maximum atomic E-state index is 13.0. The lowest BCUT2D eigenvalue weighted by Gasteiger charge is -2.21. The van der Waals surface area contributed by atoms with Crippen LogP contribution in [-0.2, 0) is 4.79 Å². The van der Waals surface area contributed by atoms with E-state index in [9.17, 15) is 28.3 Å². The molecule has 1 aromatic carbocycles. The third-order valence-corrected chi connectivity index (χ3v) is 3.77. The Hall–Kier alpha value is -2.61. The Labute approximate surface area is 142 Å². The molecule has 0 aliphatic heterocycles. The van der Waals surface area contributed by atoms with Crippen LogP contribution in [0.15, 0.2) is 42.6 Å². The number of aromatic nitrogens is 1. The molecule has 0 saturated heterocycles.